The lowest BCUT2D eigenvalue weighted by Gasteiger charge is -2.35. The molecule has 1 aliphatic rings. The van der Waals surface area contributed by atoms with Crippen molar-refractivity contribution in [3.05, 3.63) is 0 Å². The molecule has 0 aromatic heterocycles. The van der Waals surface area contributed by atoms with Crippen LogP contribution in [0.4, 0.5) is 0 Å². The second-order valence-electron chi connectivity index (χ2n) is 6.63. The molecule has 0 radical (unpaired) electrons. The third kappa shape index (κ3) is 5.84. The first-order valence-electron chi connectivity index (χ1n) is 6.90. The van der Waals surface area contributed by atoms with Gasteiger partial charge in [-0.3, -0.25) is 0 Å². The molecule has 0 bridgehead atoms. The molecule has 0 aliphatic carbocycles. The predicted molar refractivity (Wildman–Crippen MR) is 73.1 cm³/mol. The standard InChI is InChI=1S/C14H30N2O/c1-14(2,3)8-12(9-15)10-16-7-5-6-13(11-16)17-4/h12-13H,5-11,15H2,1-4H3. The molecule has 0 spiro atoms. The Morgan fingerprint density at radius 2 is 2.12 bits per heavy atom. The molecule has 3 nitrogen and oxygen atoms in total. The van der Waals surface area contributed by atoms with E-state index in [1.54, 1.807) is 0 Å². The van der Waals surface area contributed by atoms with Crippen molar-refractivity contribution in [2.75, 3.05) is 33.3 Å². The zero-order valence-corrected chi connectivity index (χ0v) is 12.0. The molecule has 0 saturated carbocycles. The molecule has 1 rings (SSSR count). The average Bonchev–Trinajstić information content (AvgIpc) is 2.26. The van der Waals surface area contributed by atoms with E-state index < -0.39 is 0 Å². The van der Waals surface area contributed by atoms with Crippen molar-refractivity contribution < 1.29 is 4.74 Å². The Kier molecular flexibility index (Phi) is 5.90. The molecule has 102 valence electrons. The third-order valence-electron chi connectivity index (χ3n) is 3.55. The van der Waals surface area contributed by atoms with E-state index in [1.165, 1.54) is 25.8 Å². The van der Waals surface area contributed by atoms with Crippen LogP contribution in [0.3, 0.4) is 0 Å². The summed E-state index contributed by atoms with van der Waals surface area (Å²) >= 11 is 0. The minimum atomic E-state index is 0.375. The highest BCUT2D eigenvalue weighted by atomic mass is 16.5. The molecule has 2 atom stereocenters. The molecular formula is C14H30N2O. The summed E-state index contributed by atoms with van der Waals surface area (Å²) in [6, 6.07) is 0. The van der Waals surface area contributed by atoms with Crippen molar-refractivity contribution in [3.8, 4) is 0 Å². The average molecular weight is 242 g/mol. The number of nitrogens with zero attached hydrogens (tertiary/aromatic N) is 1. The predicted octanol–water partition coefficient (Wildman–Crippen LogP) is 2.11. The summed E-state index contributed by atoms with van der Waals surface area (Å²) in [7, 11) is 1.82. The maximum atomic E-state index is 5.91. The lowest BCUT2D eigenvalue weighted by molar-refractivity contribution is 0.0240. The van der Waals surface area contributed by atoms with Gasteiger partial charge in [0.15, 0.2) is 0 Å². The normalized spacial score (nSPS) is 24.9. The van der Waals surface area contributed by atoms with Crippen LogP contribution in [0, 0.1) is 11.3 Å². The largest absolute Gasteiger partial charge is 0.380 e. The number of rotatable bonds is 5. The van der Waals surface area contributed by atoms with Gasteiger partial charge in [-0.1, -0.05) is 20.8 Å². The fraction of sp³-hybridized carbons (Fsp3) is 1.00. The smallest absolute Gasteiger partial charge is 0.0698 e. The van der Waals surface area contributed by atoms with Gasteiger partial charge in [-0.05, 0) is 43.7 Å². The molecule has 0 aromatic rings. The summed E-state index contributed by atoms with van der Waals surface area (Å²) in [4.78, 5) is 2.53. The number of likely N-dealkylation sites (tertiary alicyclic amines) is 1. The number of methoxy groups -OCH3 is 1. The van der Waals surface area contributed by atoms with E-state index in [1.807, 2.05) is 7.11 Å². The van der Waals surface area contributed by atoms with Crippen molar-refractivity contribution in [2.45, 2.75) is 46.1 Å². The van der Waals surface area contributed by atoms with E-state index in [0.717, 1.165) is 19.6 Å². The van der Waals surface area contributed by atoms with E-state index in [-0.39, 0.29) is 0 Å². The molecule has 17 heavy (non-hydrogen) atoms. The highest BCUT2D eigenvalue weighted by molar-refractivity contribution is 4.78. The van der Waals surface area contributed by atoms with E-state index in [4.69, 9.17) is 10.5 Å². The number of hydrogen-bond donors (Lipinski definition) is 1. The van der Waals surface area contributed by atoms with Crippen molar-refractivity contribution >= 4 is 0 Å². The van der Waals surface area contributed by atoms with E-state index in [9.17, 15) is 0 Å². The number of piperidine rings is 1. The minimum absolute atomic E-state index is 0.375. The van der Waals surface area contributed by atoms with Gasteiger partial charge in [-0.2, -0.15) is 0 Å². The van der Waals surface area contributed by atoms with Crippen LogP contribution in [0.25, 0.3) is 0 Å². The Bertz CT molecular complexity index is 213. The summed E-state index contributed by atoms with van der Waals surface area (Å²) in [5.41, 5.74) is 6.28. The fourth-order valence-corrected chi connectivity index (χ4v) is 2.82. The Balaban J connectivity index is 2.39. The van der Waals surface area contributed by atoms with Crippen LogP contribution in [0.15, 0.2) is 0 Å². The summed E-state index contributed by atoms with van der Waals surface area (Å²) < 4.78 is 5.46. The highest BCUT2D eigenvalue weighted by Gasteiger charge is 2.24. The van der Waals surface area contributed by atoms with E-state index in [0.29, 0.717) is 17.4 Å². The summed E-state index contributed by atoms with van der Waals surface area (Å²) in [5.74, 6) is 0.616. The fourth-order valence-electron chi connectivity index (χ4n) is 2.82. The molecule has 1 saturated heterocycles. The number of nitrogens with two attached hydrogens (primary N) is 1. The van der Waals surface area contributed by atoms with Gasteiger partial charge < -0.3 is 15.4 Å². The molecule has 1 fully saturated rings. The molecule has 2 N–H and O–H groups in total. The summed E-state index contributed by atoms with van der Waals surface area (Å²) in [6.07, 6.45) is 4.10. The maximum Gasteiger partial charge on any atom is 0.0698 e. The Morgan fingerprint density at radius 3 is 2.65 bits per heavy atom. The van der Waals surface area contributed by atoms with Crippen LogP contribution in [-0.2, 0) is 4.74 Å². The molecule has 0 amide bonds. The van der Waals surface area contributed by atoms with Crippen molar-refractivity contribution in [2.24, 2.45) is 17.1 Å². The molecule has 2 unspecified atom stereocenters. The van der Waals surface area contributed by atoms with Crippen LogP contribution in [0.5, 0.6) is 0 Å². The van der Waals surface area contributed by atoms with Gasteiger partial charge in [0.1, 0.15) is 0 Å². The maximum absolute atomic E-state index is 5.91. The van der Waals surface area contributed by atoms with Crippen molar-refractivity contribution in [1.82, 2.24) is 4.90 Å². The third-order valence-corrected chi connectivity index (χ3v) is 3.55. The summed E-state index contributed by atoms with van der Waals surface area (Å²) in [5, 5.41) is 0. The highest BCUT2D eigenvalue weighted by Crippen LogP contribution is 2.25. The van der Waals surface area contributed by atoms with Crippen molar-refractivity contribution in [1.29, 1.82) is 0 Å². The van der Waals surface area contributed by atoms with Crippen LogP contribution in [0.1, 0.15) is 40.0 Å². The second-order valence-corrected chi connectivity index (χ2v) is 6.63. The molecule has 1 aliphatic heterocycles. The first kappa shape index (κ1) is 14.9. The van der Waals surface area contributed by atoms with Crippen LogP contribution >= 0.6 is 0 Å². The monoisotopic (exact) mass is 242 g/mol. The molecule has 1 heterocycles. The van der Waals surface area contributed by atoms with Crippen LogP contribution in [0.2, 0.25) is 0 Å². The van der Waals surface area contributed by atoms with Gasteiger partial charge in [0, 0.05) is 20.2 Å². The van der Waals surface area contributed by atoms with Gasteiger partial charge in [-0.25, -0.2) is 0 Å². The Hall–Kier alpha value is -0.120. The van der Waals surface area contributed by atoms with Crippen LogP contribution < -0.4 is 5.73 Å². The molecule has 3 heteroatoms. The number of ether oxygens (including phenoxy) is 1. The molecule has 0 aromatic carbocycles. The van der Waals surface area contributed by atoms with Gasteiger partial charge in [0.05, 0.1) is 6.10 Å². The van der Waals surface area contributed by atoms with Crippen LogP contribution in [-0.4, -0.2) is 44.3 Å². The first-order valence-corrected chi connectivity index (χ1v) is 6.90. The number of hydrogen-bond acceptors (Lipinski definition) is 3. The second kappa shape index (κ2) is 6.72. The van der Waals surface area contributed by atoms with Gasteiger partial charge in [0.25, 0.3) is 0 Å². The quantitative estimate of drug-likeness (QED) is 0.802. The van der Waals surface area contributed by atoms with E-state index in [2.05, 4.69) is 25.7 Å². The molecular weight excluding hydrogens is 212 g/mol. The lowest BCUT2D eigenvalue weighted by atomic mass is 9.84. The first-order chi connectivity index (χ1) is 7.94. The Morgan fingerprint density at radius 1 is 1.41 bits per heavy atom. The zero-order valence-electron chi connectivity index (χ0n) is 12.0. The topological polar surface area (TPSA) is 38.5 Å². The summed E-state index contributed by atoms with van der Waals surface area (Å²) in [6.45, 7) is 11.1. The minimum Gasteiger partial charge on any atom is -0.380 e. The van der Waals surface area contributed by atoms with E-state index >= 15 is 0 Å². The zero-order chi connectivity index (χ0) is 12.9. The van der Waals surface area contributed by atoms with Crippen molar-refractivity contribution in [3.63, 3.8) is 0 Å². The van der Waals surface area contributed by atoms with Gasteiger partial charge in [-0.15, -0.1) is 0 Å². The Labute approximate surface area is 107 Å². The van der Waals surface area contributed by atoms with Gasteiger partial charge in [0.2, 0.25) is 0 Å². The van der Waals surface area contributed by atoms with Gasteiger partial charge >= 0.3 is 0 Å². The SMILES string of the molecule is COC1CCCN(CC(CN)CC(C)(C)C)C1. The lowest BCUT2D eigenvalue weighted by Crippen LogP contribution is -2.43.